The molecule has 0 aliphatic heterocycles. The number of fused-ring (bicyclic) bond motifs is 1. The van der Waals surface area contributed by atoms with E-state index in [9.17, 15) is 5.11 Å². The Balaban J connectivity index is 1.93. The highest BCUT2D eigenvalue weighted by Crippen LogP contribution is 2.50. The van der Waals surface area contributed by atoms with Crippen LogP contribution in [0.3, 0.4) is 0 Å². The average Bonchev–Trinajstić information content (AvgIpc) is 2.98. The number of benzene rings is 2. The monoisotopic (exact) mass is 283 g/mol. The first kappa shape index (κ1) is 14.6. The lowest BCUT2D eigenvalue weighted by Crippen LogP contribution is -2.34. The van der Waals surface area contributed by atoms with E-state index in [0.717, 1.165) is 18.4 Å². The molecule has 0 bridgehead atoms. The minimum Gasteiger partial charge on any atom is -0.388 e. The van der Waals surface area contributed by atoms with E-state index >= 15 is 0 Å². The Kier molecular flexibility index (Phi) is 4.01. The predicted molar refractivity (Wildman–Crippen MR) is 88.0 cm³/mol. The molecule has 3 rings (SSSR count). The first-order valence-corrected chi connectivity index (χ1v) is 8.05. The summed E-state index contributed by atoms with van der Waals surface area (Å²) in [6, 6.07) is 14.6. The van der Waals surface area contributed by atoms with Crippen molar-refractivity contribution < 1.29 is 5.11 Å². The summed E-state index contributed by atoms with van der Waals surface area (Å²) in [4.78, 5) is 0. The molecular weight excluding hydrogens is 258 g/mol. The topological polar surface area (TPSA) is 46.2 Å². The smallest absolute Gasteiger partial charge is 0.0858 e. The van der Waals surface area contributed by atoms with Gasteiger partial charge in [-0.15, -0.1) is 0 Å². The molecule has 2 nitrogen and oxygen atoms in total. The summed E-state index contributed by atoms with van der Waals surface area (Å²) in [6.07, 6.45) is 4.01. The summed E-state index contributed by atoms with van der Waals surface area (Å²) >= 11 is 0. The molecule has 3 atom stereocenters. The number of aliphatic hydroxyl groups excluding tert-OH is 1. The molecule has 2 heteroatoms. The van der Waals surface area contributed by atoms with Crippen molar-refractivity contribution in [2.24, 2.45) is 17.1 Å². The summed E-state index contributed by atoms with van der Waals surface area (Å²) in [5.74, 6) is 0.712. The van der Waals surface area contributed by atoms with Crippen LogP contribution < -0.4 is 5.73 Å². The third kappa shape index (κ3) is 2.58. The summed E-state index contributed by atoms with van der Waals surface area (Å²) in [7, 11) is 0. The highest BCUT2D eigenvalue weighted by atomic mass is 16.3. The van der Waals surface area contributed by atoms with Crippen LogP contribution in [-0.4, -0.2) is 11.7 Å². The molecule has 0 spiro atoms. The third-order valence-corrected chi connectivity index (χ3v) is 5.40. The molecule has 1 aliphatic rings. The van der Waals surface area contributed by atoms with Gasteiger partial charge >= 0.3 is 0 Å². The first-order valence-electron chi connectivity index (χ1n) is 8.05. The molecule has 1 saturated carbocycles. The van der Waals surface area contributed by atoms with Crippen molar-refractivity contribution in [1.82, 2.24) is 0 Å². The van der Waals surface area contributed by atoms with Crippen molar-refractivity contribution in [2.45, 2.75) is 38.7 Å². The average molecular weight is 283 g/mol. The molecule has 21 heavy (non-hydrogen) atoms. The SMILES string of the molecule is CCC1CCC(CN)(C(O)c2ccc3ccccc3c2)C1. The maximum Gasteiger partial charge on any atom is 0.0858 e. The van der Waals surface area contributed by atoms with Crippen molar-refractivity contribution in [3.05, 3.63) is 48.0 Å². The van der Waals surface area contributed by atoms with Gasteiger partial charge in [-0.1, -0.05) is 49.7 Å². The van der Waals surface area contributed by atoms with E-state index in [1.807, 2.05) is 12.1 Å². The molecule has 1 fully saturated rings. The second-order valence-corrected chi connectivity index (χ2v) is 6.59. The van der Waals surface area contributed by atoms with E-state index in [1.165, 1.54) is 23.6 Å². The second kappa shape index (κ2) is 5.78. The van der Waals surface area contributed by atoms with Gasteiger partial charge in [-0.25, -0.2) is 0 Å². The fourth-order valence-corrected chi connectivity index (χ4v) is 3.90. The van der Waals surface area contributed by atoms with Gasteiger partial charge in [-0.3, -0.25) is 0 Å². The quantitative estimate of drug-likeness (QED) is 0.890. The Labute approximate surface area is 127 Å². The van der Waals surface area contributed by atoms with Crippen LogP contribution in [0.1, 0.15) is 44.3 Å². The van der Waals surface area contributed by atoms with Crippen LogP contribution in [-0.2, 0) is 0 Å². The number of nitrogens with two attached hydrogens (primary N) is 1. The van der Waals surface area contributed by atoms with Crippen molar-refractivity contribution in [1.29, 1.82) is 0 Å². The van der Waals surface area contributed by atoms with Gasteiger partial charge in [-0.2, -0.15) is 0 Å². The largest absolute Gasteiger partial charge is 0.388 e. The van der Waals surface area contributed by atoms with Gasteiger partial charge in [0.2, 0.25) is 0 Å². The lowest BCUT2D eigenvalue weighted by atomic mass is 9.76. The van der Waals surface area contributed by atoms with E-state index in [2.05, 4.69) is 37.3 Å². The lowest BCUT2D eigenvalue weighted by Gasteiger charge is -2.34. The molecule has 0 heterocycles. The zero-order chi connectivity index (χ0) is 14.9. The standard InChI is InChI=1S/C19H25NO/c1-2-14-9-10-19(12-14,13-20)18(21)17-8-7-15-5-3-4-6-16(15)11-17/h3-8,11,14,18,21H,2,9-10,12-13,20H2,1H3. The van der Waals surface area contributed by atoms with Gasteiger partial charge < -0.3 is 10.8 Å². The Bertz CT molecular complexity index is 624. The lowest BCUT2D eigenvalue weighted by molar-refractivity contribution is 0.0302. The molecular formula is C19H25NO. The number of aliphatic hydroxyl groups is 1. The molecule has 2 aromatic rings. The molecule has 0 aromatic heterocycles. The van der Waals surface area contributed by atoms with Crippen molar-refractivity contribution in [2.75, 3.05) is 6.54 Å². The Hall–Kier alpha value is -1.38. The molecule has 0 amide bonds. The van der Waals surface area contributed by atoms with E-state index in [4.69, 9.17) is 5.73 Å². The minimum absolute atomic E-state index is 0.136. The van der Waals surface area contributed by atoms with Crippen molar-refractivity contribution in [3.8, 4) is 0 Å². The zero-order valence-corrected chi connectivity index (χ0v) is 12.8. The Morgan fingerprint density at radius 2 is 2.00 bits per heavy atom. The normalized spacial score (nSPS) is 27.1. The van der Waals surface area contributed by atoms with Crippen LogP contribution >= 0.6 is 0 Å². The van der Waals surface area contributed by atoms with Gasteiger partial charge in [0.1, 0.15) is 0 Å². The maximum absolute atomic E-state index is 11.0. The maximum atomic E-state index is 11.0. The van der Waals surface area contributed by atoms with E-state index < -0.39 is 6.10 Å². The van der Waals surface area contributed by atoms with Gasteiger partial charge in [0.05, 0.1) is 6.10 Å². The molecule has 0 radical (unpaired) electrons. The Morgan fingerprint density at radius 1 is 1.24 bits per heavy atom. The molecule has 3 unspecified atom stereocenters. The highest BCUT2D eigenvalue weighted by Gasteiger charge is 2.43. The summed E-state index contributed by atoms with van der Waals surface area (Å²) in [6.45, 7) is 2.80. The first-order chi connectivity index (χ1) is 10.2. The van der Waals surface area contributed by atoms with Gasteiger partial charge in [-0.05, 0) is 47.6 Å². The van der Waals surface area contributed by atoms with Crippen LogP contribution in [0, 0.1) is 11.3 Å². The van der Waals surface area contributed by atoms with Crippen LogP contribution in [0.25, 0.3) is 10.8 Å². The predicted octanol–water partition coefficient (Wildman–Crippen LogP) is 4.03. The van der Waals surface area contributed by atoms with Crippen LogP contribution in [0.5, 0.6) is 0 Å². The number of hydrogen-bond donors (Lipinski definition) is 2. The van der Waals surface area contributed by atoms with Crippen LogP contribution in [0.2, 0.25) is 0 Å². The van der Waals surface area contributed by atoms with Gasteiger partial charge in [0, 0.05) is 12.0 Å². The summed E-state index contributed by atoms with van der Waals surface area (Å²) in [5.41, 5.74) is 6.95. The minimum atomic E-state index is -0.455. The van der Waals surface area contributed by atoms with Crippen LogP contribution in [0.15, 0.2) is 42.5 Å². The third-order valence-electron chi connectivity index (χ3n) is 5.40. The molecule has 1 aliphatic carbocycles. The van der Waals surface area contributed by atoms with E-state index in [1.54, 1.807) is 0 Å². The Morgan fingerprint density at radius 3 is 2.67 bits per heavy atom. The fourth-order valence-electron chi connectivity index (χ4n) is 3.90. The van der Waals surface area contributed by atoms with Gasteiger partial charge in [0.25, 0.3) is 0 Å². The van der Waals surface area contributed by atoms with E-state index in [0.29, 0.717) is 12.5 Å². The second-order valence-electron chi connectivity index (χ2n) is 6.59. The summed E-state index contributed by atoms with van der Waals surface area (Å²) in [5, 5.41) is 13.4. The highest BCUT2D eigenvalue weighted by molar-refractivity contribution is 5.83. The number of hydrogen-bond acceptors (Lipinski definition) is 2. The van der Waals surface area contributed by atoms with Gasteiger partial charge in [0.15, 0.2) is 0 Å². The van der Waals surface area contributed by atoms with Crippen molar-refractivity contribution >= 4 is 10.8 Å². The molecule has 0 saturated heterocycles. The summed E-state index contributed by atoms with van der Waals surface area (Å²) < 4.78 is 0. The van der Waals surface area contributed by atoms with Crippen LogP contribution in [0.4, 0.5) is 0 Å². The van der Waals surface area contributed by atoms with Crippen molar-refractivity contribution in [3.63, 3.8) is 0 Å². The van der Waals surface area contributed by atoms with E-state index in [-0.39, 0.29) is 5.41 Å². The number of rotatable bonds is 4. The molecule has 3 N–H and O–H groups in total. The zero-order valence-electron chi connectivity index (χ0n) is 12.8. The molecule has 112 valence electrons. The fraction of sp³-hybridized carbons (Fsp3) is 0.474. The molecule has 2 aromatic carbocycles.